The van der Waals surface area contributed by atoms with Crippen molar-refractivity contribution in [2.75, 3.05) is 19.8 Å². The Morgan fingerprint density at radius 1 is 1.27 bits per heavy atom. The number of aryl methyl sites for hydroxylation is 1. The zero-order valence-electron chi connectivity index (χ0n) is 12.0. The molecule has 2 heterocycles. The maximum atomic E-state index is 13.9. The maximum absolute atomic E-state index is 13.9. The summed E-state index contributed by atoms with van der Waals surface area (Å²) in [6.07, 6.45) is 0. The first-order chi connectivity index (χ1) is 10.6. The molecule has 4 nitrogen and oxygen atoms in total. The van der Waals surface area contributed by atoms with Crippen LogP contribution in [0.25, 0.3) is 0 Å². The van der Waals surface area contributed by atoms with Crippen LogP contribution in [0, 0.1) is 18.6 Å². The summed E-state index contributed by atoms with van der Waals surface area (Å²) in [5.41, 5.74) is -0.282. The third-order valence-corrected chi connectivity index (χ3v) is 3.66. The molecule has 22 heavy (non-hydrogen) atoms. The molecular weight excluding hydrogens is 292 g/mol. The highest BCUT2D eigenvalue weighted by molar-refractivity contribution is 5.94. The Morgan fingerprint density at radius 2 is 2.09 bits per heavy atom. The first-order valence-electron chi connectivity index (χ1n) is 6.97. The Labute approximate surface area is 126 Å². The SMILES string of the molecule is Cc1ccc([C@H]2COCCN2C(=O)c2cccc(F)c2F)o1. The number of benzene rings is 1. The Balaban J connectivity index is 1.93. The number of carbonyl (C=O) groups is 1. The van der Waals surface area contributed by atoms with E-state index in [0.717, 1.165) is 6.07 Å². The van der Waals surface area contributed by atoms with Crippen LogP contribution < -0.4 is 0 Å². The number of morpholine rings is 1. The smallest absolute Gasteiger partial charge is 0.257 e. The molecule has 0 N–H and O–H groups in total. The molecule has 0 spiro atoms. The number of hydrogen-bond acceptors (Lipinski definition) is 3. The molecular formula is C16H15F2NO3. The van der Waals surface area contributed by atoms with Gasteiger partial charge < -0.3 is 14.1 Å². The number of nitrogens with zero attached hydrogens (tertiary/aromatic N) is 1. The average molecular weight is 307 g/mol. The second kappa shape index (κ2) is 5.88. The number of carbonyl (C=O) groups excluding carboxylic acids is 1. The van der Waals surface area contributed by atoms with Gasteiger partial charge in [-0.2, -0.15) is 0 Å². The molecule has 3 rings (SSSR count). The predicted octanol–water partition coefficient (Wildman–Crippen LogP) is 3.08. The van der Waals surface area contributed by atoms with Gasteiger partial charge in [0.1, 0.15) is 17.6 Å². The van der Waals surface area contributed by atoms with Crippen LogP contribution >= 0.6 is 0 Å². The molecule has 0 aliphatic carbocycles. The van der Waals surface area contributed by atoms with Gasteiger partial charge >= 0.3 is 0 Å². The first kappa shape index (κ1) is 14.7. The molecule has 1 aromatic carbocycles. The number of furan rings is 1. The Bertz CT molecular complexity index is 698. The molecule has 1 aromatic heterocycles. The lowest BCUT2D eigenvalue weighted by Gasteiger charge is -2.34. The molecule has 1 fully saturated rings. The van der Waals surface area contributed by atoms with Crippen molar-refractivity contribution in [3.05, 3.63) is 59.1 Å². The fourth-order valence-corrected chi connectivity index (χ4v) is 2.54. The van der Waals surface area contributed by atoms with Gasteiger partial charge in [0.25, 0.3) is 5.91 Å². The van der Waals surface area contributed by atoms with Crippen LogP contribution in [-0.4, -0.2) is 30.6 Å². The van der Waals surface area contributed by atoms with Crippen LogP contribution in [0.15, 0.2) is 34.7 Å². The quantitative estimate of drug-likeness (QED) is 0.856. The van der Waals surface area contributed by atoms with E-state index in [4.69, 9.17) is 9.15 Å². The van der Waals surface area contributed by atoms with Crippen molar-refractivity contribution < 1.29 is 22.7 Å². The highest BCUT2D eigenvalue weighted by atomic mass is 19.2. The summed E-state index contributed by atoms with van der Waals surface area (Å²) < 4.78 is 38.2. The zero-order chi connectivity index (χ0) is 15.7. The van der Waals surface area contributed by atoms with Crippen molar-refractivity contribution >= 4 is 5.91 Å². The van der Waals surface area contributed by atoms with Crippen molar-refractivity contribution in [2.45, 2.75) is 13.0 Å². The van der Waals surface area contributed by atoms with E-state index in [-0.39, 0.29) is 12.2 Å². The summed E-state index contributed by atoms with van der Waals surface area (Å²) in [6.45, 7) is 2.69. The standard InChI is InChI=1S/C16H15F2NO3/c1-10-5-6-14(22-10)13-9-21-8-7-19(13)16(20)11-3-2-4-12(17)15(11)18/h2-6,13H,7-9H2,1H3/t13-/m1/s1. The second-order valence-corrected chi connectivity index (χ2v) is 5.14. The average Bonchev–Trinajstić information content (AvgIpc) is 2.96. The van der Waals surface area contributed by atoms with E-state index in [0.29, 0.717) is 24.7 Å². The highest BCUT2D eigenvalue weighted by Gasteiger charge is 2.32. The summed E-state index contributed by atoms with van der Waals surface area (Å²) in [4.78, 5) is 14.0. The van der Waals surface area contributed by atoms with Crippen LogP contribution in [0.5, 0.6) is 0 Å². The minimum atomic E-state index is -1.13. The highest BCUT2D eigenvalue weighted by Crippen LogP contribution is 2.28. The molecule has 0 unspecified atom stereocenters. The molecule has 1 atom stereocenters. The van der Waals surface area contributed by atoms with Gasteiger partial charge in [-0.3, -0.25) is 4.79 Å². The van der Waals surface area contributed by atoms with Gasteiger partial charge in [-0.15, -0.1) is 0 Å². The number of rotatable bonds is 2. The van der Waals surface area contributed by atoms with E-state index in [2.05, 4.69) is 0 Å². The topological polar surface area (TPSA) is 42.7 Å². The number of hydrogen-bond donors (Lipinski definition) is 0. The second-order valence-electron chi connectivity index (χ2n) is 5.14. The van der Waals surface area contributed by atoms with Crippen molar-refractivity contribution in [1.82, 2.24) is 4.90 Å². The van der Waals surface area contributed by atoms with Gasteiger partial charge in [0.05, 0.1) is 18.8 Å². The van der Waals surface area contributed by atoms with Gasteiger partial charge in [-0.1, -0.05) is 6.07 Å². The summed E-state index contributed by atoms with van der Waals surface area (Å²) in [5, 5.41) is 0. The van der Waals surface area contributed by atoms with Crippen molar-refractivity contribution in [1.29, 1.82) is 0 Å². The minimum Gasteiger partial charge on any atom is -0.464 e. The molecule has 0 bridgehead atoms. The molecule has 0 saturated carbocycles. The zero-order valence-corrected chi connectivity index (χ0v) is 12.0. The van der Waals surface area contributed by atoms with E-state index in [9.17, 15) is 13.6 Å². The van der Waals surface area contributed by atoms with Gasteiger partial charge in [-0.05, 0) is 31.2 Å². The number of halogens is 2. The lowest BCUT2D eigenvalue weighted by molar-refractivity contribution is -0.00921. The van der Waals surface area contributed by atoms with Crippen molar-refractivity contribution in [2.24, 2.45) is 0 Å². The molecule has 2 aromatic rings. The summed E-state index contributed by atoms with van der Waals surface area (Å²) in [5.74, 6) is -1.45. The molecule has 1 saturated heterocycles. The Kier molecular flexibility index (Phi) is 3.94. The molecule has 1 aliphatic rings. The molecule has 116 valence electrons. The van der Waals surface area contributed by atoms with Crippen LogP contribution in [0.4, 0.5) is 8.78 Å². The lowest BCUT2D eigenvalue weighted by atomic mass is 10.1. The monoisotopic (exact) mass is 307 g/mol. The normalized spacial score (nSPS) is 18.5. The summed E-state index contributed by atoms with van der Waals surface area (Å²) >= 11 is 0. The third kappa shape index (κ3) is 2.62. The van der Waals surface area contributed by atoms with Gasteiger partial charge in [0.2, 0.25) is 0 Å². The van der Waals surface area contributed by atoms with E-state index in [1.165, 1.54) is 17.0 Å². The predicted molar refractivity (Wildman–Crippen MR) is 74.4 cm³/mol. The van der Waals surface area contributed by atoms with Gasteiger partial charge in [0, 0.05) is 6.54 Å². The van der Waals surface area contributed by atoms with Crippen LogP contribution in [0.2, 0.25) is 0 Å². The lowest BCUT2D eigenvalue weighted by Crippen LogP contribution is -2.43. The Morgan fingerprint density at radius 3 is 2.82 bits per heavy atom. The maximum Gasteiger partial charge on any atom is 0.257 e. The van der Waals surface area contributed by atoms with Crippen LogP contribution in [-0.2, 0) is 4.74 Å². The minimum absolute atomic E-state index is 0.260. The van der Waals surface area contributed by atoms with Gasteiger partial charge in [0.15, 0.2) is 11.6 Å². The summed E-state index contributed by atoms with van der Waals surface area (Å²) in [7, 11) is 0. The van der Waals surface area contributed by atoms with Crippen molar-refractivity contribution in [3.63, 3.8) is 0 Å². The van der Waals surface area contributed by atoms with E-state index >= 15 is 0 Å². The molecule has 6 heteroatoms. The van der Waals surface area contributed by atoms with Crippen LogP contribution in [0.1, 0.15) is 27.9 Å². The number of ether oxygens (including phenoxy) is 1. The first-order valence-corrected chi connectivity index (χ1v) is 6.97. The molecule has 1 amide bonds. The van der Waals surface area contributed by atoms with E-state index < -0.39 is 23.6 Å². The van der Waals surface area contributed by atoms with Gasteiger partial charge in [-0.25, -0.2) is 8.78 Å². The largest absolute Gasteiger partial charge is 0.464 e. The summed E-state index contributed by atoms with van der Waals surface area (Å²) in [6, 6.07) is 6.68. The number of amides is 1. The van der Waals surface area contributed by atoms with E-state index in [1.54, 1.807) is 19.1 Å². The fourth-order valence-electron chi connectivity index (χ4n) is 2.54. The fraction of sp³-hybridized carbons (Fsp3) is 0.312. The molecule has 0 radical (unpaired) electrons. The van der Waals surface area contributed by atoms with Crippen LogP contribution in [0.3, 0.4) is 0 Å². The van der Waals surface area contributed by atoms with Crippen molar-refractivity contribution in [3.8, 4) is 0 Å². The third-order valence-electron chi connectivity index (χ3n) is 3.66. The molecule has 1 aliphatic heterocycles. The van der Waals surface area contributed by atoms with E-state index in [1.807, 2.05) is 0 Å². The Hall–Kier alpha value is -2.21.